The number of benzene rings is 1. The van der Waals surface area contributed by atoms with Crippen LogP contribution in [-0.2, 0) is 4.79 Å². The van der Waals surface area contributed by atoms with Gasteiger partial charge in [-0.25, -0.2) is 0 Å². The Morgan fingerprint density at radius 3 is 2.48 bits per heavy atom. The Morgan fingerprint density at radius 2 is 1.88 bits per heavy atom. The number of piperidine rings is 2. The number of ether oxygens (including phenoxy) is 1. The first-order chi connectivity index (χ1) is 12.2. The predicted molar refractivity (Wildman–Crippen MR) is 96.2 cm³/mol. The lowest BCUT2D eigenvalue weighted by molar-refractivity contribution is -0.135. The molecule has 2 saturated heterocycles. The van der Waals surface area contributed by atoms with Crippen LogP contribution >= 0.6 is 0 Å². The summed E-state index contributed by atoms with van der Waals surface area (Å²) >= 11 is 0. The fourth-order valence-electron chi connectivity index (χ4n) is 4.06. The summed E-state index contributed by atoms with van der Waals surface area (Å²) in [7, 11) is 0. The molecule has 2 unspecified atom stereocenters. The summed E-state index contributed by atoms with van der Waals surface area (Å²) in [5.74, 6) is 2.34. The number of hydrogen-bond donors (Lipinski definition) is 0. The van der Waals surface area contributed by atoms with Gasteiger partial charge >= 0.3 is 0 Å². The van der Waals surface area contributed by atoms with Crippen molar-refractivity contribution < 1.29 is 9.53 Å². The molecule has 2 fully saturated rings. The Bertz CT molecular complexity index is 609. The van der Waals surface area contributed by atoms with Gasteiger partial charge in [-0.1, -0.05) is 6.92 Å². The third kappa shape index (κ3) is 4.73. The topological polar surface area (TPSA) is 56.6 Å². The minimum Gasteiger partial charge on any atom is -0.492 e. The summed E-state index contributed by atoms with van der Waals surface area (Å²) in [6.07, 6.45) is 2.87. The van der Waals surface area contributed by atoms with E-state index in [1.165, 1.54) is 6.42 Å². The molecule has 0 aromatic heterocycles. The van der Waals surface area contributed by atoms with Crippen molar-refractivity contribution in [1.82, 2.24) is 9.80 Å². The lowest BCUT2D eigenvalue weighted by Gasteiger charge is -2.45. The van der Waals surface area contributed by atoms with Gasteiger partial charge in [-0.05, 0) is 48.9 Å². The predicted octanol–water partition coefficient (Wildman–Crippen LogP) is 2.52. The molecule has 2 heterocycles. The van der Waals surface area contributed by atoms with Crippen molar-refractivity contribution in [2.45, 2.75) is 26.2 Å². The number of hydrogen-bond acceptors (Lipinski definition) is 4. The number of amides is 1. The molecule has 5 heteroatoms. The highest BCUT2D eigenvalue weighted by molar-refractivity contribution is 5.76. The standard InChI is InChI=1S/C20H27N3O2/c1-2-3-20(24)23-14-17-10-18(15-23)13-22(12-17)8-9-25-19-6-4-16(11-21)5-7-19/h4-7,17-18H,2-3,8-10,12-15H2,1H3. The van der Waals surface area contributed by atoms with Crippen molar-refractivity contribution in [2.75, 3.05) is 39.3 Å². The molecule has 2 bridgehead atoms. The van der Waals surface area contributed by atoms with Crippen LogP contribution in [0.2, 0.25) is 0 Å². The molecular weight excluding hydrogens is 314 g/mol. The van der Waals surface area contributed by atoms with E-state index >= 15 is 0 Å². The molecule has 5 nitrogen and oxygen atoms in total. The highest BCUT2D eigenvalue weighted by Crippen LogP contribution is 2.29. The van der Waals surface area contributed by atoms with Crippen molar-refractivity contribution in [2.24, 2.45) is 11.8 Å². The van der Waals surface area contributed by atoms with Crippen molar-refractivity contribution in [3.8, 4) is 11.8 Å². The van der Waals surface area contributed by atoms with E-state index in [2.05, 4.69) is 22.8 Å². The molecule has 1 aromatic rings. The van der Waals surface area contributed by atoms with E-state index in [9.17, 15) is 4.79 Å². The Morgan fingerprint density at radius 1 is 1.20 bits per heavy atom. The van der Waals surface area contributed by atoms with E-state index < -0.39 is 0 Å². The maximum atomic E-state index is 12.2. The lowest BCUT2D eigenvalue weighted by atomic mass is 9.84. The molecule has 3 rings (SSSR count). The van der Waals surface area contributed by atoms with Gasteiger partial charge in [-0.15, -0.1) is 0 Å². The molecule has 25 heavy (non-hydrogen) atoms. The minimum atomic E-state index is 0.329. The van der Waals surface area contributed by atoms with Gasteiger partial charge in [0.1, 0.15) is 12.4 Å². The molecule has 2 atom stereocenters. The minimum absolute atomic E-state index is 0.329. The Labute approximate surface area is 150 Å². The van der Waals surface area contributed by atoms with Gasteiger partial charge in [-0.2, -0.15) is 5.26 Å². The number of fused-ring (bicyclic) bond motifs is 2. The van der Waals surface area contributed by atoms with E-state index in [-0.39, 0.29) is 0 Å². The summed E-state index contributed by atoms with van der Waals surface area (Å²) in [4.78, 5) is 16.7. The Kier molecular flexibility index (Phi) is 5.93. The number of carbonyl (C=O) groups is 1. The molecule has 0 saturated carbocycles. The number of nitrogens with zero attached hydrogens (tertiary/aromatic N) is 3. The molecule has 0 aliphatic carbocycles. The van der Waals surface area contributed by atoms with E-state index in [0.717, 1.165) is 44.9 Å². The number of rotatable bonds is 6. The zero-order valence-electron chi connectivity index (χ0n) is 15.0. The van der Waals surface area contributed by atoms with Gasteiger partial charge in [0.15, 0.2) is 0 Å². The monoisotopic (exact) mass is 341 g/mol. The van der Waals surface area contributed by atoms with E-state index in [1.807, 2.05) is 12.1 Å². The van der Waals surface area contributed by atoms with Crippen LogP contribution in [0.1, 0.15) is 31.7 Å². The molecular formula is C20H27N3O2. The van der Waals surface area contributed by atoms with Crippen LogP contribution in [0.5, 0.6) is 5.75 Å². The van der Waals surface area contributed by atoms with E-state index in [1.54, 1.807) is 12.1 Å². The van der Waals surface area contributed by atoms with Crippen LogP contribution in [0.25, 0.3) is 0 Å². The fraction of sp³-hybridized carbons (Fsp3) is 0.600. The Balaban J connectivity index is 1.44. The highest BCUT2D eigenvalue weighted by Gasteiger charge is 2.35. The van der Waals surface area contributed by atoms with Crippen LogP contribution < -0.4 is 4.74 Å². The first-order valence-corrected chi connectivity index (χ1v) is 9.31. The van der Waals surface area contributed by atoms with Gasteiger partial charge in [0, 0.05) is 39.1 Å². The SMILES string of the molecule is CCCC(=O)N1CC2CC(CN(CCOc3ccc(C#N)cc3)C2)C1. The first-order valence-electron chi connectivity index (χ1n) is 9.31. The average molecular weight is 341 g/mol. The second-order valence-corrected chi connectivity index (χ2v) is 7.26. The molecule has 0 N–H and O–H groups in total. The molecule has 134 valence electrons. The second kappa shape index (κ2) is 8.35. The zero-order chi connectivity index (χ0) is 17.6. The third-order valence-electron chi connectivity index (χ3n) is 5.13. The van der Waals surface area contributed by atoms with E-state index in [4.69, 9.17) is 10.00 Å². The Hall–Kier alpha value is -2.06. The molecule has 0 radical (unpaired) electrons. The maximum Gasteiger partial charge on any atom is 0.222 e. The van der Waals surface area contributed by atoms with Crippen molar-refractivity contribution in [1.29, 1.82) is 5.26 Å². The van der Waals surface area contributed by atoms with Crippen LogP contribution in [0.15, 0.2) is 24.3 Å². The fourth-order valence-corrected chi connectivity index (χ4v) is 4.06. The van der Waals surface area contributed by atoms with Crippen LogP contribution in [0.3, 0.4) is 0 Å². The molecule has 2 aliphatic heterocycles. The molecule has 1 amide bonds. The molecule has 1 aromatic carbocycles. The summed E-state index contributed by atoms with van der Waals surface area (Å²) in [5.41, 5.74) is 0.651. The maximum absolute atomic E-state index is 12.2. The molecule has 2 aliphatic rings. The summed E-state index contributed by atoms with van der Waals surface area (Å²) in [5, 5.41) is 8.81. The van der Waals surface area contributed by atoms with Crippen LogP contribution in [0.4, 0.5) is 0 Å². The second-order valence-electron chi connectivity index (χ2n) is 7.26. The summed E-state index contributed by atoms with van der Waals surface area (Å²) in [6, 6.07) is 9.37. The third-order valence-corrected chi connectivity index (χ3v) is 5.13. The van der Waals surface area contributed by atoms with Gasteiger partial charge in [-0.3, -0.25) is 9.69 Å². The lowest BCUT2D eigenvalue weighted by Crippen LogP contribution is -2.54. The van der Waals surface area contributed by atoms with Crippen LogP contribution in [-0.4, -0.2) is 55.0 Å². The first kappa shape index (κ1) is 17.8. The number of nitriles is 1. The smallest absolute Gasteiger partial charge is 0.222 e. The van der Waals surface area contributed by atoms with Gasteiger partial charge < -0.3 is 9.64 Å². The van der Waals surface area contributed by atoms with Gasteiger partial charge in [0.05, 0.1) is 11.6 Å². The summed E-state index contributed by atoms with van der Waals surface area (Å²) in [6.45, 7) is 7.59. The number of likely N-dealkylation sites (tertiary alicyclic amines) is 2. The average Bonchev–Trinajstić information content (AvgIpc) is 2.62. The van der Waals surface area contributed by atoms with E-state index in [0.29, 0.717) is 36.3 Å². The zero-order valence-corrected chi connectivity index (χ0v) is 15.0. The van der Waals surface area contributed by atoms with Gasteiger partial charge in [0.2, 0.25) is 5.91 Å². The highest BCUT2D eigenvalue weighted by atomic mass is 16.5. The normalized spacial score (nSPS) is 23.1. The van der Waals surface area contributed by atoms with Crippen LogP contribution in [0, 0.1) is 23.2 Å². The number of carbonyl (C=O) groups excluding carboxylic acids is 1. The van der Waals surface area contributed by atoms with Crippen molar-refractivity contribution >= 4 is 5.91 Å². The summed E-state index contributed by atoms with van der Waals surface area (Å²) < 4.78 is 5.81. The van der Waals surface area contributed by atoms with Gasteiger partial charge in [0.25, 0.3) is 0 Å². The molecule has 0 spiro atoms. The quantitative estimate of drug-likeness (QED) is 0.798. The van der Waals surface area contributed by atoms with Crippen molar-refractivity contribution in [3.63, 3.8) is 0 Å². The largest absolute Gasteiger partial charge is 0.492 e. The van der Waals surface area contributed by atoms with Crippen molar-refractivity contribution in [3.05, 3.63) is 29.8 Å².